The quantitative estimate of drug-likeness (QED) is 0.0498. The molecule has 2 aromatic carbocycles. The molecule has 0 aliphatic rings. The van der Waals surface area contributed by atoms with E-state index >= 15 is 0 Å². The number of nitrogens with two attached hydrogens (primary N) is 3. The van der Waals surface area contributed by atoms with Crippen molar-refractivity contribution in [2.75, 3.05) is 12.8 Å². The van der Waals surface area contributed by atoms with Crippen LogP contribution in [0.25, 0.3) is 10.2 Å². The van der Waals surface area contributed by atoms with E-state index in [4.69, 9.17) is 17.2 Å². The second kappa shape index (κ2) is 15.9. The van der Waals surface area contributed by atoms with Gasteiger partial charge in [0, 0.05) is 19.4 Å². The van der Waals surface area contributed by atoms with Gasteiger partial charge in [0.05, 0.1) is 22.5 Å². The number of carbonyl (C=O) groups is 4. The molecule has 0 unspecified atom stereocenters. The van der Waals surface area contributed by atoms with Crippen molar-refractivity contribution in [2.24, 2.45) is 22.2 Å². The normalized spacial score (nSPS) is 13.4. The van der Waals surface area contributed by atoms with Gasteiger partial charge in [-0.3, -0.25) is 24.2 Å². The van der Waals surface area contributed by atoms with Gasteiger partial charge in [-0.05, 0) is 37.0 Å². The lowest BCUT2D eigenvalue weighted by atomic mass is 10.0. The molecule has 0 radical (unpaired) electrons. The highest BCUT2D eigenvalue weighted by molar-refractivity contribution is 7.88. The summed E-state index contributed by atoms with van der Waals surface area (Å²) in [5, 5.41) is 5.54. The number of rotatable bonds is 17. The number of Topliss-reactive ketones (excluding diaryl/α,β-unsaturated/α-hetero) is 1. The van der Waals surface area contributed by atoms with Crippen LogP contribution >= 0.6 is 11.3 Å². The number of sulfonamides is 1. The van der Waals surface area contributed by atoms with Crippen LogP contribution in [-0.2, 0) is 30.8 Å². The predicted molar refractivity (Wildman–Crippen MR) is 168 cm³/mol. The van der Waals surface area contributed by atoms with Gasteiger partial charge >= 0.3 is 0 Å². The molecule has 0 saturated carbocycles. The number of benzene rings is 2. The third-order valence-electron chi connectivity index (χ3n) is 6.35. The maximum Gasteiger partial charge on any atom is 0.243 e. The van der Waals surface area contributed by atoms with Gasteiger partial charge < -0.3 is 27.8 Å². The van der Waals surface area contributed by atoms with Crippen LogP contribution in [-0.4, -0.2) is 73.8 Å². The first-order valence-electron chi connectivity index (χ1n) is 13.7. The fraction of sp³-hybridized carbons (Fsp3) is 0.357. The molecule has 3 aromatic rings. The number of nitrogens with one attached hydrogen (secondary N) is 3. The Morgan fingerprint density at radius 2 is 1.52 bits per heavy atom. The van der Waals surface area contributed by atoms with E-state index in [0.29, 0.717) is 17.5 Å². The lowest BCUT2D eigenvalue weighted by molar-refractivity contribution is -0.130. The van der Waals surface area contributed by atoms with E-state index in [1.54, 1.807) is 42.5 Å². The van der Waals surface area contributed by atoms with Crippen molar-refractivity contribution in [1.82, 2.24) is 20.3 Å². The minimum absolute atomic E-state index is 0.0237. The van der Waals surface area contributed by atoms with E-state index in [0.717, 1.165) is 11.0 Å². The molecule has 0 fully saturated rings. The third-order valence-corrected chi connectivity index (χ3v) is 8.11. The van der Waals surface area contributed by atoms with Gasteiger partial charge in [0.1, 0.15) is 12.1 Å². The molecule has 0 bridgehead atoms. The standard InChI is InChI=1S/C28H36N8O6S2/c1-44(41,42)36-20(13-14-23(29)37)25(39)34-21(16-17-8-3-2-4-9-17)26(40)33-19(11-7-15-32-28(30)31)24(38)27-35-18-10-5-6-12-22(18)43-27/h2-6,8-10,12,19-21,36H,7,11,13-16H2,1H3,(H2,29,37)(H,33,40)(H,34,39)(H4,30,31,32)/t19-,20+,21+/m1/s1. The second-order valence-corrected chi connectivity index (χ2v) is 12.9. The van der Waals surface area contributed by atoms with E-state index in [-0.39, 0.29) is 43.2 Å². The number of thiazole rings is 1. The van der Waals surface area contributed by atoms with Crippen molar-refractivity contribution in [3.8, 4) is 0 Å². The Hall–Kier alpha value is -4.41. The number of nitrogens with zero attached hydrogens (tertiary/aromatic N) is 2. The Kier molecular flexibility index (Phi) is 12.3. The van der Waals surface area contributed by atoms with E-state index < -0.39 is 51.7 Å². The van der Waals surface area contributed by atoms with Crippen molar-refractivity contribution in [2.45, 2.75) is 50.2 Å². The number of primary amides is 1. The molecule has 1 aromatic heterocycles. The van der Waals surface area contributed by atoms with Crippen LogP contribution in [0.15, 0.2) is 59.6 Å². The Morgan fingerprint density at radius 1 is 0.886 bits per heavy atom. The Morgan fingerprint density at radius 3 is 2.16 bits per heavy atom. The summed E-state index contributed by atoms with van der Waals surface area (Å²) in [6.45, 7) is 0.213. The lowest BCUT2D eigenvalue weighted by Gasteiger charge is -2.25. The SMILES string of the molecule is CS(=O)(=O)N[C@@H](CCC(N)=O)C(=O)N[C@@H](Cc1ccccc1)C(=O)N[C@H](CCCN=C(N)N)C(=O)c1nc2ccccc2s1. The molecule has 3 atom stereocenters. The Balaban J connectivity index is 1.88. The van der Waals surface area contributed by atoms with Crippen LogP contribution in [0.1, 0.15) is 41.0 Å². The zero-order valence-electron chi connectivity index (χ0n) is 24.1. The number of ketones is 1. The molecular formula is C28H36N8O6S2. The molecule has 0 aliphatic heterocycles. The summed E-state index contributed by atoms with van der Waals surface area (Å²) in [5.41, 5.74) is 17.4. The first-order chi connectivity index (χ1) is 20.8. The molecule has 9 N–H and O–H groups in total. The van der Waals surface area contributed by atoms with Crippen LogP contribution in [0.3, 0.4) is 0 Å². The van der Waals surface area contributed by atoms with E-state index in [2.05, 4.69) is 25.3 Å². The second-order valence-electron chi connectivity index (χ2n) is 10.1. The molecule has 3 rings (SSSR count). The molecule has 0 saturated heterocycles. The largest absolute Gasteiger partial charge is 0.370 e. The van der Waals surface area contributed by atoms with Gasteiger partial charge in [0.25, 0.3) is 0 Å². The number of para-hydroxylation sites is 1. The maximum atomic E-state index is 13.7. The summed E-state index contributed by atoms with van der Waals surface area (Å²) in [4.78, 5) is 60.4. The zero-order valence-corrected chi connectivity index (χ0v) is 25.7. The number of aliphatic imine (C=N–C) groups is 1. The molecule has 14 nitrogen and oxygen atoms in total. The summed E-state index contributed by atoms with van der Waals surface area (Å²) in [6.07, 6.45) is 0.910. The Labute approximate surface area is 258 Å². The minimum atomic E-state index is -3.86. The Bertz CT molecular complexity index is 1570. The van der Waals surface area contributed by atoms with Crippen LogP contribution in [0.4, 0.5) is 0 Å². The number of fused-ring (bicyclic) bond motifs is 1. The monoisotopic (exact) mass is 644 g/mol. The fourth-order valence-electron chi connectivity index (χ4n) is 4.29. The molecule has 44 heavy (non-hydrogen) atoms. The smallest absolute Gasteiger partial charge is 0.243 e. The van der Waals surface area contributed by atoms with Gasteiger partial charge in [-0.2, -0.15) is 0 Å². The highest BCUT2D eigenvalue weighted by atomic mass is 32.2. The number of aromatic nitrogens is 1. The summed E-state index contributed by atoms with van der Waals surface area (Å²) in [6, 6.07) is 12.4. The number of carbonyl (C=O) groups excluding carboxylic acids is 4. The summed E-state index contributed by atoms with van der Waals surface area (Å²) in [7, 11) is -3.86. The maximum absolute atomic E-state index is 13.7. The molecule has 3 amide bonds. The van der Waals surface area contributed by atoms with Crippen LogP contribution < -0.4 is 32.6 Å². The van der Waals surface area contributed by atoms with Crippen molar-refractivity contribution < 1.29 is 27.6 Å². The molecule has 16 heteroatoms. The average Bonchev–Trinajstić information content (AvgIpc) is 3.40. The number of hydrogen-bond acceptors (Lipinski definition) is 9. The topological polar surface area (TPSA) is 242 Å². The van der Waals surface area contributed by atoms with Gasteiger partial charge in [-0.1, -0.05) is 42.5 Å². The van der Waals surface area contributed by atoms with Crippen LogP contribution in [0.2, 0.25) is 0 Å². The van der Waals surface area contributed by atoms with Crippen molar-refractivity contribution in [3.63, 3.8) is 0 Å². The van der Waals surface area contributed by atoms with Gasteiger partial charge in [0.2, 0.25) is 33.5 Å². The minimum Gasteiger partial charge on any atom is -0.370 e. The van der Waals surface area contributed by atoms with E-state index in [1.807, 2.05) is 12.1 Å². The molecular weight excluding hydrogens is 608 g/mol. The lowest BCUT2D eigenvalue weighted by Crippen LogP contribution is -2.56. The zero-order chi connectivity index (χ0) is 32.3. The average molecular weight is 645 g/mol. The fourth-order valence-corrected chi connectivity index (χ4v) is 5.99. The summed E-state index contributed by atoms with van der Waals surface area (Å²) in [5.74, 6) is -2.78. The van der Waals surface area contributed by atoms with Gasteiger partial charge in [0.15, 0.2) is 11.0 Å². The van der Waals surface area contributed by atoms with Gasteiger partial charge in [-0.25, -0.2) is 18.1 Å². The predicted octanol–water partition coefficient (Wildman–Crippen LogP) is -0.0718. The number of amides is 3. The van der Waals surface area contributed by atoms with Crippen molar-refractivity contribution in [3.05, 3.63) is 65.2 Å². The molecule has 0 aliphatic carbocycles. The first-order valence-corrected chi connectivity index (χ1v) is 16.4. The third kappa shape index (κ3) is 11.0. The van der Waals surface area contributed by atoms with E-state index in [1.165, 1.54) is 11.3 Å². The van der Waals surface area contributed by atoms with Crippen molar-refractivity contribution in [1.29, 1.82) is 0 Å². The van der Waals surface area contributed by atoms with Crippen LogP contribution in [0, 0.1) is 0 Å². The highest BCUT2D eigenvalue weighted by Crippen LogP contribution is 2.23. The molecule has 0 spiro atoms. The first kappa shape index (κ1) is 34.1. The number of guanidine groups is 1. The van der Waals surface area contributed by atoms with E-state index in [9.17, 15) is 27.6 Å². The molecule has 1 heterocycles. The van der Waals surface area contributed by atoms with Crippen LogP contribution in [0.5, 0.6) is 0 Å². The number of hydrogen-bond donors (Lipinski definition) is 6. The van der Waals surface area contributed by atoms with Gasteiger partial charge in [-0.15, -0.1) is 11.3 Å². The highest BCUT2D eigenvalue weighted by Gasteiger charge is 2.31. The van der Waals surface area contributed by atoms with Crippen molar-refractivity contribution >= 4 is 61.0 Å². The summed E-state index contributed by atoms with van der Waals surface area (Å²) >= 11 is 1.19. The molecule has 236 valence electrons. The summed E-state index contributed by atoms with van der Waals surface area (Å²) < 4.78 is 26.9.